The van der Waals surface area contributed by atoms with E-state index in [4.69, 9.17) is 4.74 Å². The number of rotatable bonds is 8. The third-order valence-electron chi connectivity index (χ3n) is 6.19. The molecule has 0 saturated carbocycles. The Morgan fingerprint density at radius 3 is 2.41 bits per heavy atom. The second kappa shape index (κ2) is 11.7. The summed E-state index contributed by atoms with van der Waals surface area (Å²) < 4.78 is 20.5. The number of amides is 1. The molecular weight excluding hydrogens is 474 g/mol. The molecule has 37 heavy (non-hydrogen) atoms. The number of carbonyl (C=O) groups is 2. The van der Waals surface area contributed by atoms with Gasteiger partial charge in [-0.05, 0) is 37.1 Å². The zero-order valence-electron chi connectivity index (χ0n) is 20.0. The zero-order chi connectivity index (χ0) is 25.9. The van der Waals surface area contributed by atoms with Gasteiger partial charge in [0, 0.05) is 19.6 Å². The topological polar surface area (TPSA) is 114 Å². The number of fused-ring (bicyclic) bond motifs is 1. The molecule has 0 bridgehead atoms. The summed E-state index contributed by atoms with van der Waals surface area (Å²) in [6.07, 6.45) is 0. The Labute approximate surface area is 225 Å². The predicted octanol–water partition coefficient (Wildman–Crippen LogP) is 1.88. The van der Waals surface area contributed by atoms with Crippen LogP contribution in [0.5, 0.6) is 5.75 Å². The quantitative estimate of drug-likeness (QED) is 0.452. The van der Waals surface area contributed by atoms with Gasteiger partial charge in [-0.1, -0.05) is 42.5 Å². The SMILES string of the molecule is CC1(C)c2nc(C(=O)NCc3ccc(F)cc3)c(OCc3ccccc3)c(=O)n2CCN1CC(=O)O.[LiH]. The fourth-order valence-corrected chi connectivity index (χ4v) is 4.18. The van der Waals surface area contributed by atoms with Crippen molar-refractivity contribution < 1.29 is 23.8 Å². The average molecular weight is 502 g/mol. The molecule has 11 heteroatoms. The molecule has 1 amide bonds. The standard InChI is InChI=1S/C26H27FN4O5.Li.H/c1-26(2)25-29-21(23(34)28-14-17-8-10-19(27)11-9-17)22(36-16-18-6-4-3-5-7-18)24(35)31(25)13-12-30(26)15-20(32)33;;/h3-11H,12-16H2,1-2H3,(H,28,34)(H,32,33);;. The number of benzene rings is 2. The first-order valence-corrected chi connectivity index (χ1v) is 11.5. The number of carboxylic acid groups (broad SMARTS) is 1. The first-order chi connectivity index (χ1) is 17.2. The van der Waals surface area contributed by atoms with E-state index in [2.05, 4.69) is 10.3 Å². The summed E-state index contributed by atoms with van der Waals surface area (Å²) in [7, 11) is 0. The summed E-state index contributed by atoms with van der Waals surface area (Å²) in [5.74, 6) is -1.92. The summed E-state index contributed by atoms with van der Waals surface area (Å²) in [4.78, 5) is 44.4. The summed E-state index contributed by atoms with van der Waals surface area (Å²) >= 11 is 0. The molecule has 0 radical (unpaired) electrons. The Morgan fingerprint density at radius 2 is 1.76 bits per heavy atom. The molecule has 0 aliphatic carbocycles. The maximum absolute atomic E-state index is 13.5. The number of aromatic nitrogens is 2. The molecule has 0 unspecified atom stereocenters. The van der Waals surface area contributed by atoms with Gasteiger partial charge in [0.05, 0.1) is 12.1 Å². The van der Waals surface area contributed by atoms with Crippen molar-refractivity contribution in [3.63, 3.8) is 0 Å². The van der Waals surface area contributed by atoms with Crippen LogP contribution in [0.1, 0.15) is 41.3 Å². The van der Waals surface area contributed by atoms with Gasteiger partial charge in [-0.15, -0.1) is 0 Å². The normalized spacial score (nSPS) is 14.2. The number of aliphatic carboxylic acids is 1. The van der Waals surface area contributed by atoms with Gasteiger partial charge in [0.25, 0.3) is 11.5 Å². The number of nitrogens with zero attached hydrogens (tertiary/aromatic N) is 3. The van der Waals surface area contributed by atoms with Crippen molar-refractivity contribution >= 4 is 30.7 Å². The molecule has 1 aliphatic rings. The van der Waals surface area contributed by atoms with Crippen LogP contribution in [0.4, 0.5) is 4.39 Å². The number of hydrogen-bond acceptors (Lipinski definition) is 6. The van der Waals surface area contributed by atoms with Gasteiger partial charge in [0.15, 0.2) is 5.69 Å². The van der Waals surface area contributed by atoms with E-state index in [1.54, 1.807) is 30.9 Å². The summed E-state index contributed by atoms with van der Waals surface area (Å²) in [5, 5.41) is 12.0. The van der Waals surface area contributed by atoms with Gasteiger partial charge >= 0.3 is 24.8 Å². The molecule has 9 nitrogen and oxygen atoms in total. The maximum atomic E-state index is 13.5. The average Bonchev–Trinajstić information content (AvgIpc) is 2.85. The third kappa shape index (κ3) is 6.28. The first kappa shape index (κ1) is 28.1. The Morgan fingerprint density at radius 1 is 1.08 bits per heavy atom. The van der Waals surface area contributed by atoms with Crippen LogP contribution >= 0.6 is 0 Å². The van der Waals surface area contributed by atoms with Gasteiger partial charge in [-0.25, -0.2) is 9.37 Å². The molecule has 190 valence electrons. The van der Waals surface area contributed by atoms with E-state index in [0.29, 0.717) is 12.1 Å². The first-order valence-electron chi connectivity index (χ1n) is 11.5. The molecule has 0 saturated heterocycles. The van der Waals surface area contributed by atoms with Crippen LogP contribution in [-0.4, -0.2) is 63.4 Å². The Bertz CT molecular complexity index is 1330. The van der Waals surface area contributed by atoms with Gasteiger partial charge < -0.3 is 15.2 Å². The van der Waals surface area contributed by atoms with Crippen molar-refractivity contribution in [2.75, 3.05) is 13.1 Å². The fourth-order valence-electron chi connectivity index (χ4n) is 4.18. The Kier molecular flexibility index (Phi) is 8.92. The van der Waals surface area contributed by atoms with E-state index < -0.39 is 23.0 Å². The summed E-state index contributed by atoms with van der Waals surface area (Å²) in [6, 6.07) is 14.9. The van der Waals surface area contributed by atoms with Crippen molar-refractivity contribution in [1.29, 1.82) is 0 Å². The second-order valence-corrected chi connectivity index (χ2v) is 9.03. The van der Waals surface area contributed by atoms with E-state index in [-0.39, 0.29) is 68.2 Å². The van der Waals surface area contributed by atoms with E-state index in [1.807, 2.05) is 30.3 Å². The minimum atomic E-state index is -1.00. The van der Waals surface area contributed by atoms with Crippen molar-refractivity contribution in [2.24, 2.45) is 0 Å². The molecule has 0 fully saturated rings. The van der Waals surface area contributed by atoms with Crippen LogP contribution < -0.4 is 15.6 Å². The molecule has 0 atom stereocenters. The molecule has 3 aromatic rings. The number of ether oxygens (including phenoxy) is 1. The molecule has 1 aromatic heterocycles. The fraction of sp³-hybridized carbons (Fsp3) is 0.308. The predicted molar refractivity (Wildman–Crippen MR) is 136 cm³/mol. The van der Waals surface area contributed by atoms with Crippen molar-refractivity contribution in [1.82, 2.24) is 19.8 Å². The van der Waals surface area contributed by atoms with E-state index >= 15 is 0 Å². The molecule has 2 N–H and O–H groups in total. The van der Waals surface area contributed by atoms with Crippen LogP contribution in [0, 0.1) is 5.82 Å². The van der Waals surface area contributed by atoms with Gasteiger partial charge in [0.1, 0.15) is 18.2 Å². The van der Waals surface area contributed by atoms with E-state index in [9.17, 15) is 23.9 Å². The van der Waals surface area contributed by atoms with Crippen LogP contribution in [-0.2, 0) is 30.0 Å². The number of carboxylic acids is 1. The number of carbonyl (C=O) groups excluding carboxylic acids is 1. The molecule has 2 heterocycles. The van der Waals surface area contributed by atoms with Crippen LogP contribution in [0.3, 0.4) is 0 Å². The third-order valence-corrected chi connectivity index (χ3v) is 6.19. The molecular formula is C26H28FLiN4O5. The number of nitrogens with one attached hydrogen (secondary N) is 1. The Balaban J connectivity index is 0.00000380. The van der Waals surface area contributed by atoms with E-state index in [0.717, 1.165) is 5.56 Å². The van der Waals surface area contributed by atoms with Crippen molar-refractivity contribution in [3.05, 3.63) is 93.4 Å². The number of hydrogen-bond donors (Lipinski definition) is 2. The summed E-state index contributed by atoms with van der Waals surface area (Å²) in [6.45, 7) is 3.96. The monoisotopic (exact) mass is 502 g/mol. The van der Waals surface area contributed by atoms with Gasteiger partial charge in [-0.3, -0.25) is 23.9 Å². The molecule has 0 spiro atoms. The Hall–Kier alpha value is -3.45. The second-order valence-electron chi connectivity index (χ2n) is 9.03. The number of halogens is 1. The molecule has 2 aromatic carbocycles. The van der Waals surface area contributed by atoms with Gasteiger partial charge in [0.2, 0.25) is 5.75 Å². The van der Waals surface area contributed by atoms with Crippen LogP contribution in [0.25, 0.3) is 0 Å². The zero-order valence-corrected chi connectivity index (χ0v) is 20.0. The van der Waals surface area contributed by atoms with E-state index in [1.165, 1.54) is 16.7 Å². The van der Waals surface area contributed by atoms with Gasteiger partial charge in [-0.2, -0.15) is 0 Å². The van der Waals surface area contributed by atoms with Crippen molar-refractivity contribution in [3.8, 4) is 5.75 Å². The van der Waals surface area contributed by atoms with Crippen molar-refractivity contribution in [2.45, 2.75) is 39.1 Å². The van der Waals surface area contributed by atoms with Crippen LogP contribution in [0.15, 0.2) is 59.4 Å². The summed E-state index contributed by atoms with van der Waals surface area (Å²) in [5.41, 5.74) is -0.149. The molecule has 1 aliphatic heterocycles. The molecule has 4 rings (SSSR count). The van der Waals surface area contributed by atoms with Crippen LogP contribution in [0.2, 0.25) is 0 Å². The minimum absolute atomic E-state index is 0.